The van der Waals surface area contributed by atoms with Crippen LogP contribution in [-0.2, 0) is 4.79 Å². The Morgan fingerprint density at radius 1 is 1.00 bits per heavy atom. The van der Waals surface area contributed by atoms with Gasteiger partial charge in [-0.05, 0) is 37.1 Å². The standard InChI is InChI=1S/C21H26N2O2/c1-3-19(25-20-12-8-7-9-17(20)2)21(24)23-15-13-22(14-16-23)18-10-5-4-6-11-18/h4-12,19H,3,13-16H2,1-2H3/t19-/m0/s1. The third kappa shape index (κ3) is 4.13. The van der Waals surface area contributed by atoms with Gasteiger partial charge in [0.15, 0.2) is 6.10 Å². The first kappa shape index (κ1) is 17.3. The van der Waals surface area contributed by atoms with Crippen molar-refractivity contribution in [3.05, 3.63) is 60.2 Å². The summed E-state index contributed by atoms with van der Waals surface area (Å²) in [5.41, 5.74) is 2.28. The summed E-state index contributed by atoms with van der Waals surface area (Å²) in [4.78, 5) is 17.1. The number of rotatable bonds is 5. The van der Waals surface area contributed by atoms with Gasteiger partial charge in [0.2, 0.25) is 0 Å². The van der Waals surface area contributed by atoms with Gasteiger partial charge in [0.05, 0.1) is 0 Å². The number of carbonyl (C=O) groups excluding carboxylic acids is 1. The molecule has 2 aromatic rings. The molecule has 0 saturated carbocycles. The Hall–Kier alpha value is -2.49. The molecule has 132 valence electrons. The van der Waals surface area contributed by atoms with Crippen LogP contribution in [0.4, 0.5) is 5.69 Å². The Labute approximate surface area is 150 Å². The summed E-state index contributed by atoms with van der Waals surface area (Å²) in [6.45, 7) is 7.20. The van der Waals surface area contributed by atoms with Crippen LogP contribution in [0.1, 0.15) is 18.9 Å². The van der Waals surface area contributed by atoms with E-state index in [2.05, 4.69) is 29.2 Å². The molecule has 1 fully saturated rings. The van der Waals surface area contributed by atoms with Crippen molar-refractivity contribution >= 4 is 11.6 Å². The summed E-state index contributed by atoms with van der Waals surface area (Å²) in [6.07, 6.45) is 0.260. The maximum Gasteiger partial charge on any atom is 0.263 e. The zero-order chi connectivity index (χ0) is 17.6. The number of hydrogen-bond donors (Lipinski definition) is 0. The highest BCUT2D eigenvalue weighted by molar-refractivity contribution is 5.81. The van der Waals surface area contributed by atoms with Crippen LogP contribution < -0.4 is 9.64 Å². The Kier molecular flexibility index (Phi) is 5.59. The van der Waals surface area contributed by atoms with Gasteiger partial charge in [0, 0.05) is 31.9 Å². The van der Waals surface area contributed by atoms with E-state index in [1.807, 2.05) is 49.1 Å². The minimum absolute atomic E-state index is 0.0958. The second-order valence-electron chi connectivity index (χ2n) is 6.43. The fourth-order valence-electron chi connectivity index (χ4n) is 3.18. The zero-order valence-corrected chi connectivity index (χ0v) is 15.0. The minimum Gasteiger partial charge on any atom is -0.480 e. The van der Waals surface area contributed by atoms with Crippen LogP contribution in [-0.4, -0.2) is 43.1 Å². The number of anilines is 1. The molecule has 1 atom stereocenters. The SMILES string of the molecule is CC[C@H](Oc1ccccc1C)C(=O)N1CCN(c2ccccc2)CC1. The van der Waals surface area contributed by atoms with E-state index in [1.165, 1.54) is 5.69 Å². The van der Waals surface area contributed by atoms with Gasteiger partial charge >= 0.3 is 0 Å². The van der Waals surface area contributed by atoms with Gasteiger partial charge in [0.25, 0.3) is 5.91 Å². The van der Waals surface area contributed by atoms with Crippen LogP contribution in [0.5, 0.6) is 5.75 Å². The van der Waals surface area contributed by atoms with E-state index in [4.69, 9.17) is 4.74 Å². The molecule has 2 aromatic carbocycles. The van der Waals surface area contributed by atoms with Crippen molar-refractivity contribution in [1.82, 2.24) is 4.90 Å². The van der Waals surface area contributed by atoms with Gasteiger partial charge in [-0.3, -0.25) is 4.79 Å². The van der Waals surface area contributed by atoms with Crippen LogP contribution in [0.25, 0.3) is 0 Å². The first-order valence-electron chi connectivity index (χ1n) is 9.00. The quantitative estimate of drug-likeness (QED) is 0.836. The lowest BCUT2D eigenvalue weighted by Gasteiger charge is -2.37. The van der Waals surface area contributed by atoms with Crippen molar-refractivity contribution in [3.8, 4) is 5.75 Å². The highest BCUT2D eigenvalue weighted by Crippen LogP contribution is 2.21. The van der Waals surface area contributed by atoms with Crippen LogP contribution in [0, 0.1) is 6.92 Å². The fraction of sp³-hybridized carbons (Fsp3) is 0.381. The molecule has 1 aliphatic heterocycles. The zero-order valence-electron chi connectivity index (χ0n) is 15.0. The molecule has 1 aliphatic rings. The fourth-order valence-corrected chi connectivity index (χ4v) is 3.18. The number of ether oxygens (including phenoxy) is 1. The lowest BCUT2D eigenvalue weighted by Crippen LogP contribution is -2.52. The van der Waals surface area contributed by atoms with Gasteiger partial charge in [-0.15, -0.1) is 0 Å². The van der Waals surface area contributed by atoms with E-state index in [1.54, 1.807) is 0 Å². The molecule has 25 heavy (non-hydrogen) atoms. The number of amides is 1. The number of aryl methyl sites for hydroxylation is 1. The van der Waals surface area contributed by atoms with Crippen molar-refractivity contribution in [2.45, 2.75) is 26.4 Å². The Morgan fingerprint density at radius 3 is 2.28 bits per heavy atom. The first-order chi connectivity index (χ1) is 12.2. The average molecular weight is 338 g/mol. The molecule has 0 bridgehead atoms. The van der Waals surface area contributed by atoms with E-state index in [0.717, 1.165) is 37.5 Å². The van der Waals surface area contributed by atoms with Crippen molar-refractivity contribution in [2.24, 2.45) is 0 Å². The second-order valence-corrected chi connectivity index (χ2v) is 6.43. The normalized spacial score (nSPS) is 15.8. The summed E-state index contributed by atoms with van der Waals surface area (Å²) < 4.78 is 6.02. The van der Waals surface area contributed by atoms with Gasteiger partial charge < -0.3 is 14.5 Å². The van der Waals surface area contributed by atoms with Crippen LogP contribution >= 0.6 is 0 Å². The molecule has 1 amide bonds. The predicted octanol–water partition coefficient (Wildman–Crippen LogP) is 3.50. The van der Waals surface area contributed by atoms with Crippen molar-refractivity contribution in [3.63, 3.8) is 0 Å². The largest absolute Gasteiger partial charge is 0.480 e. The third-order valence-corrected chi connectivity index (χ3v) is 4.72. The molecule has 4 heteroatoms. The van der Waals surface area contributed by atoms with Gasteiger partial charge in [0.1, 0.15) is 5.75 Å². The van der Waals surface area contributed by atoms with Crippen LogP contribution in [0.2, 0.25) is 0 Å². The number of carbonyl (C=O) groups is 1. The van der Waals surface area contributed by atoms with E-state index >= 15 is 0 Å². The van der Waals surface area contributed by atoms with Gasteiger partial charge in [-0.1, -0.05) is 43.3 Å². The van der Waals surface area contributed by atoms with Crippen molar-refractivity contribution in [1.29, 1.82) is 0 Å². The smallest absolute Gasteiger partial charge is 0.263 e. The Balaban J connectivity index is 1.60. The molecule has 0 unspecified atom stereocenters. The highest BCUT2D eigenvalue weighted by Gasteiger charge is 2.28. The topological polar surface area (TPSA) is 32.8 Å². The lowest BCUT2D eigenvalue weighted by atomic mass is 10.2. The molecular weight excluding hydrogens is 312 g/mol. The summed E-state index contributed by atoms with van der Waals surface area (Å²) in [5.74, 6) is 0.893. The van der Waals surface area contributed by atoms with E-state index < -0.39 is 6.10 Å². The number of nitrogens with zero attached hydrogens (tertiary/aromatic N) is 2. The molecule has 1 saturated heterocycles. The van der Waals surface area contributed by atoms with Gasteiger partial charge in [-0.2, -0.15) is 0 Å². The third-order valence-electron chi connectivity index (χ3n) is 4.72. The monoisotopic (exact) mass is 338 g/mol. The maximum absolute atomic E-state index is 12.9. The van der Waals surface area contributed by atoms with E-state index in [9.17, 15) is 4.79 Å². The molecule has 0 aromatic heterocycles. The van der Waals surface area contributed by atoms with Crippen molar-refractivity contribution < 1.29 is 9.53 Å². The first-order valence-corrected chi connectivity index (χ1v) is 9.00. The molecule has 0 spiro atoms. The number of para-hydroxylation sites is 2. The lowest BCUT2D eigenvalue weighted by molar-refractivity contribution is -0.139. The molecule has 3 rings (SSSR count). The summed E-state index contributed by atoms with van der Waals surface area (Å²) in [5, 5.41) is 0. The molecule has 0 radical (unpaired) electrons. The van der Waals surface area contributed by atoms with Crippen molar-refractivity contribution in [2.75, 3.05) is 31.1 Å². The molecule has 4 nitrogen and oxygen atoms in total. The minimum atomic E-state index is -0.413. The van der Waals surface area contributed by atoms with Crippen LogP contribution in [0.3, 0.4) is 0 Å². The summed E-state index contributed by atoms with van der Waals surface area (Å²) >= 11 is 0. The molecule has 0 aliphatic carbocycles. The maximum atomic E-state index is 12.9. The Morgan fingerprint density at radius 2 is 1.64 bits per heavy atom. The van der Waals surface area contributed by atoms with Crippen LogP contribution in [0.15, 0.2) is 54.6 Å². The molecule has 1 heterocycles. The molecular formula is C21H26N2O2. The van der Waals surface area contributed by atoms with E-state index in [0.29, 0.717) is 6.42 Å². The summed E-state index contributed by atoms with van der Waals surface area (Å²) in [7, 11) is 0. The molecule has 0 N–H and O–H groups in total. The highest BCUT2D eigenvalue weighted by atomic mass is 16.5. The van der Waals surface area contributed by atoms with E-state index in [-0.39, 0.29) is 5.91 Å². The number of hydrogen-bond acceptors (Lipinski definition) is 3. The number of benzene rings is 2. The second kappa shape index (κ2) is 8.06. The average Bonchev–Trinajstić information content (AvgIpc) is 2.68. The van der Waals surface area contributed by atoms with Gasteiger partial charge in [-0.25, -0.2) is 0 Å². The summed E-state index contributed by atoms with van der Waals surface area (Å²) in [6, 6.07) is 18.2. The Bertz CT molecular complexity index is 694. The predicted molar refractivity (Wildman–Crippen MR) is 101 cm³/mol. The number of piperazine rings is 1.